The summed E-state index contributed by atoms with van der Waals surface area (Å²) in [5.41, 5.74) is -0.342. The second-order valence-corrected chi connectivity index (χ2v) is 4.79. The van der Waals surface area contributed by atoms with Gasteiger partial charge in [-0.15, -0.1) is 0 Å². The zero-order valence-electron chi connectivity index (χ0n) is 12.1. The number of carbonyl (C=O) groups is 1. The Morgan fingerprint density at radius 3 is 2.43 bits per heavy atom. The van der Waals surface area contributed by atoms with Crippen molar-refractivity contribution in [1.82, 2.24) is 4.90 Å². The molecule has 0 spiro atoms. The molecule has 0 saturated heterocycles. The highest BCUT2D eigenvalue weighted by Crippen LogP contribution is 2.29. The van der Waals surface area contributed by atoms with Crippen molar-refractivity contribution in [1.29, 1.82) is 10.5 Å². The molecule has 1 aromatic carbocycles. The summed E-state index contributed by atoms with van der Waals surface area (Å²) in [7, 11) is 0. The Hall–Kier alpha value is -2.84. The molecule has 0 heterocycles. The van der Waals surface area contributed by atoms with Crippen molar-refractivity contribution >= 4 is 23.2 Å². The number of ether oxygens (including phenoxy) is 1. The number of benzene rings is 1. The standard InChI is InChI=1S/C14H13ClN4O4/c15-11-3-4-13(12(9-11)19(21)22)23-10-14(20)18(7-1-5-16)8-2-6-17/h3-4,9H,1-2,7-8,10H2. The normalized spacial score (nSPS) is 9.52. The summed E-state index contributed by atoms with van der Waals surface area (Å²) in [6.07, 6.45) is 0.247. The number of nitrogens with zero attached hydrogens (tertiary/aromatic N) is 4. The van der Waals surface area contributed by atoms with E-state index in [1.54, 1.807) is 0 Å². The van der Waals surface area contributed by atoms with Crippen LogP contribution in [0.25, 0.3) is 0 Å². The van der Waals surface area contributed by atoms with Crippen LogP contribution in [0.2, 0.25) is 5.02 Å². The third-order valence-electron chi connectivity index (χ3n) is 2.81. The lowest BCUT2D eigenvalue weighted by Crippen LogP contribution is -2.36. The number of nitro benzene ring substituents is 1. The van der Waals surface area contributed by atoms with Gasteiger partial charge >= 0.3 is 5.69 Å². The lowest BCUT2D eigenvalue weighted by molar-refractivity contribution is -0.385. The molecule has 1 amide bonds. The smallest absolute Gasteiger partial charge is 0.312 e. The van der Waals surface area contributed by atoms with Gasteiger partial charge in [-0.05, 0) is 12.1 Å². The van der Waals surface area contributed by atoms with E-state index in [9.17, 15) is 14.9 Å². The van der Waals surface area contributed by atoms with Crippen molar-refractivity contribution in [2.24, 2.45) is 0 Å². The first-order chi connectivity index (χ1) is 11.0. The quantitative estimate of drug-likeness (QED) is 0.530. The van der Waals surface area contributed by atoms with Gasteiger partial charge in [0.2, 0.25) is 0 Å². The number of nitro groups is 1. The maximum absolute atomic E-state index is 12.1. The second-order valence-electron chi connectivity index (χ2n) is 4.35. The van der Waals surface area contributed by atoms with Gasteiger partial charge in [0, 0.05) is 24.2 Å². The Kier molecular flexibility index (Phi) is 7.31. The number of halogens is 1. The van der Waals surface area contributed by atoms with Crippen LogP contribution in [0.4, 0.5) is 5.69 Å². The lowest BCUT2D eigenvalue weighted by Gasteiger charge is -2.20. The zero-order valence-corrected chi connectivity index (χ0v) is 12.8. The number of amides is 1. The van der Waals surface area contributed by atoms with Crippen molar-refractivity contribution in [2.45, 2.75) is 12.8 Å². The van der Waals surface area contributed by atoms with Crippen molar-refractivity contribution in [3.63, 3.8) is 0 Å². The van der Waals surface area contributed by atoms with Crippen LogP contribution in [0, 0.1) is 32.8 Å². The van der Waals surface area contributed by atoms with Crippen LogP contribution in [-0.2, 0) is 4.79 Å². The number of carbonyl (C=O) groups excluding carboxylic acids is 1. The van der Waals surface area contributed by atoms with E-state index in [2.05, 4.69) is 0 Å². The molecule has 0 unspecified atom stereocenters. The van der Waals surface area contributed by atoms with Gasteiger partial charge in [0.25, 0.3) is 5.91 Å². The predicted molar refractivity (Wildman–Crippen MR) is 80.6 cm³/mol. The third kappa shape index (κ3) is 5.81. The van der Waals surface area contributed by atoms with E-state index in [4.69, 9.17) is 26.9 Å². The lowest BCUT2D eigenvalue weighted by atomic mass is 10.3. The van der Waals surface area contributed by atoms with E-state index >= 15 is 0 Å². The molecule has 23 heavy (non-hydrogen) atoms. The summed E-state index contributed by atoms with van der Waals surface area (Å²) < 4.78 is 5.20. The Balaban J connectivity index is 2.75. The molecule has 0 aliphatic heterocycles. The number of hydrogen-bond donors (Lipinski definition) is 0. The Morgan fingerprint density at radius 2 is 1.91 bits per heavy atom. The Bertz CT molecular complexity index is 648. The zero-order chi connectivity index (χ0) is 17.2. The van der Waals surface area contributed by atoms with E-state index in [1.807, 2.05) is 12.1 Å². The minimum Gasteiger partial charge on any atom is -0.477 e. The van der Waals surface area contributed by atoms with Crippen LogP contribution in [0.5, 0.6) is 5.75 Å². The van der Waals surface area contributed by atoms with Crippen molar-refractivity contribution in [2.75, 3.05) is 19.7 Å². The fourth-order valence-electron chi connectivity index (χ4n) is 1.72. The van der Waals surface area contributed by atoms with Gasteiger partial charge in [-0.3, -0.25) is 14.9 Å². The molecule has 0 N–H and O–H groups in total. The van der Waals surface area contributed by atoms with Crippen molar-refractivity contribution in [3.05, 3.63) is 33.3 Å². The average Bonchev–Trinajstić information content (AvgIpc) is 2.53. The van der Waals surface area contributed by atoms with Crippen molar-refractivity contribution in [3.8, 4) is 17.9 Å². The molecular weight excluding hydrogens is 324 g/mol. The molecule has 9 heteroatoms. The van der Waals surface area contributed by atoms with Crippen LogP contribution in [0.3, 0.4) is 0 Å². The number of rotatable bonds is 8. The highest BCUT2D eigenvalue weighted by atomic mass is 35.5. The monoisotopic (exact) mass is 336 g/mol. The molecule has 120 valence electrons. The van der Waals surface area contributed by atoms with Gasteiger partial charge in [-0.2, -0.15) is 10.5 Å². The van der Waals surface area contributed by atoms with E-state index < -0.39 is 17.4 Å². The molecule has 1 aromatic rings. The molecule has 0 aliphatic carbocycles. The van der Waals surface area contributed by atoms with Gasteiger partial charge in [0.1, 0.15) is 0 Å². The van der Waals surface area contributed by atoms with Crippen LogP contribution < -0.4 is 4.74 Å². The molecule has 0 fully saturated rings. The topological polar surface area (TPSA) is 120 Å². The number of nitriles is 2. The molecule has 8 nitrogen and oxygen atoms in total. The molecule has 0 atom stereocenters. The first kappa shape index (κ1) is 18.2. The van der Waals surface area contributed by atoms with Gasteiger partial charge in [-0.1, -0.05) is 11.6 Å². The first-order valence-corrected chi connectivity index (χ1v) is 6.95. The maximum Gasteiger partial charge on any atom is 0.312 e. The molecule has 1 rings (SSSR count). The van der Waals surface area contributed by atoms with Crippen molar-refractivity contribution < 1.29 is 14.5 Å². The second kappa shape index (κ2) is 9.23. The van der Waals surface area contributed by atoms with E-state index in [-0.39, 0.29) is 42.4 Å². The van der Waals surface area contributed by atoms with E-state index in [1.165, 1.54) is 17.0 Å². The third-order valence-corrected chi connectivity index (χ3v) is 3.04. The highest BCUT2D eigenvalue weighted by molar-refractivity contribution is 6.30. The number of hydrogen-bond acceptors (Lipinski definition) is 6. The van der Waals surface area contributed by atoms with E-state index in [0.717, 1.165) is 6.07 Å². The van der Waals surface area contributed by atoms with E-state index in [0.29, 0.717) is 0 Å². The molecule has 0 saturated carbocycles. The van der Waals surface area contributed by atoms with Gasteiger partial charge in [0.15, 0.2) is 12.4 Å². The minimum atomic E-state index is -0.658. The van der Waals surface area contributed by atoms with Crippen LogP contribution in [-0.4, -0.2) is 35.4 Å². The van der Waals surface area contributed by atoms with Gasteiger partial charge < -0.3 is 9.64 Å². The summed E-state index contributed by atoms with van der Waals surface area (Å²) in [5, 5.41) is 28.3. The molecule has 0 radical (unpaired) electrons. The summed E-state index contributed by atoms with van der Waals surface area (Å²) in [6.45, 7) is -0.0918. The summed E-state index contributed by atoms with van der Waals surface area (Å²) in [6, 6.07) is 7.68. The average molecular weight is 337 g/mol. The van der Waals surface area contributed by atoms with Gasteiger partial charge in [-0.25, -0.2) is 0 Å². The van der Waals surface area contributed by atoms with Crippen LogP contribution in [0.1, 0.15) is 12.8 Å². The van der Waals surface area contributed by atoms with Crippen LogP contribution >= 0.6 is 11.6 Å². The molecular formula is C14H13ClN4O4. The SMILES string of the molecule is N#CCCN(CCC#N)C(=O)COc1ccc(Cl)cc1[N+](=O)[O-]. The maximum atomic E-state index is 12.1. The first-order valence-electron chi connectivity index (χ1n) is 6.58. The predicted octanol–water partition coefficient (Wildman–Crippen LogP) is 2.28. The fraction of sp³-hybridized carbons (Fsp3) is 0.357. The Morgan fingerprint density at radius 1 is 1.30 bits per heavy atom. The minimum absolute atomic E-state index is 0.0757. The summed E-state index contributed by atoms with van der Waals surface area (Å²) in [5.74, 6) is -0.534. The molecule has 0 aliphatic rings. The molecule has 0 aromatic heterocycles. The molecule has 0 bridgehead atoms. The summed E-state index contributed by atoms with van der Waals surface area (Å²) >= 11 is 5.69. The Labute approximate surface area is 137 Å². The summed E-state index contributed by atoms with van der Waals surface area (Å²) in [4.78, 5) is 23.7. The van der Waals surface area contributed by atoms with Gasteiger partial charge in [0.05, 0.1) is 29.9 Å². The fourth-order valence-corrected chi connectivity index (χ4v) is 1.88. The van der Waals surface area contributed by atoms with Crippen LogP contribution in [0.15, 0.2) is 18.2 Å². The highest BCUT2D eigenvalue weighted by Gasteiger charge is 2.19. The largest absolute Gasteiger partial charge is 0.477 e.